The second-order valence-corrected chi connectivity index (χ2v) is 15.1. The molecule has 3 N–H and O–H groups in total. The van der Waals surface area contributed by atoms with E-state index in [4.69, 9.17) is 18.9 Å². The van der Waals surface area contributed by atoms with Crippen LogP contribution in [0.4, 0.5) is 4.79 Å². The second-order valence-electron chi connectivity index (χ2n) is 15.1. The van der Waals surface area contributed by atoms with Crippen LogP contribution in [0.2, 0.25) is 0 Å². The number of piperidine rings is 1. The van der Waals surface area contributed by atoms with E-state index in [1.165, 1.54) is 0 Å². The van der Waals surface area contributed by atoms with Gasteiger partial charge in [-0.15, -0.1) is 0 Å². The molecule has 0 aliphatic carbocycles. The molecule has 1 amide bonds. The van der Waals surface area contributed by atoms with Gasteiger partial charge in [-0.25, -0.2) is 4.79 Å². The van der Waals surface area contributed by atoms with Gasteiger partial charge >= 0.3 is 12.1 Å². The third kappa shape index (κ3) is 11.9. The van der Waals surface area contributed by atoms with Crippen LogP contribution in [0.25, 0.3) is 0 Å². The Kier molecular flexibility index (Phi) is 14.7. The van der Waals surface area contributed by atoms with Crippen molar-refractivity contribution in [3.63, 3.8) is 0 Å². The summed E-state index contributed by atoms with van der Waals surface area (Å²) in [5, 5.41) is 31.8. The number of morpholine rings is 1. The average molecular weight is 691 g/mol. The van der Waals surface area contributed by atoms with E-state index < -0.39 is 36.0 Å². The Morgan fingerprint density at radius 1 is 1.12 bits per heavy atom. The lowest BCUT2D eigenvalue weighted by molar-refractivity contribution is -0.151. The van der Waals surface area contributed by atoms with Crippen molar-refractivity contribution in [1.82, 2.24) is 9.80 Å². The lowest BCUT2D eigenvalue weighted by Crippen LogP contribution is -2.50. The molecule has 4 rings (SSSR count). The number of cyclic esters (lactones) is 1. The maximum Gasteiger partial charge on any atom is 0.410 e. The molecule has 4 aliphatic rings. The number of ether oxygens (including phenoxy) is 4. The molecule has 49 heavy (non-hydrogen) atoms. The summed E-state index contributed by atoms with van der Waals surface area (Å²) < 4.78 is 23.3. The van der Waals surface area contributed by atoms with Gasteiger partial charge in [0, 0.05) is 50.5 Å². The Morgan fingerprint density at radius 3 is 2.49 bits per heavy atom. The fraction of sp³-hybridized carbons (Fsp3) is 0.789. The van der Waals surface area contributed by atoms with E-state index in [9.17, 15) is 24.9 Å². The molecule has 0 aromatic heterocycles. The first kappa shape index (κ1) is 39.5. The molecule has 10 unspecified atom stereocenters. The van der Waals surface area contributed by atoms with Crippen molar-refractivity contribution in [3.05, 3.63) is 36.0 Å². The average Bonchev–Trinajstić information content (AvgIpc) is 3.84. The number of aliphatic hydroxyl groups excluding tert-OH is 2. The molecule has 0 spiro atoms. The van der Waals surface area contributed by atoms with Gasteiger partial charge in [-0.05, 0) is 63.5 Å². The SMILES string of the molecule is CCC(O)C(C)C1OC1CC(C)(O)/C=C/C=C(\C)C1OC(=O)CC(O)CCC(C)C(OC(=O)N2CCC(N3CCOCC3)CC2)/C=C\C1C. The Labute approximate surface area is 293 Å². The van der Waals surface area contributed by atoms with Crippen LogP contribution in [0.1, 0.15) is 86.5 Å². The van der Waals surface area contributed by atoms with Gasteiger partial charge in [-0.2, -0.15) is 0 Å². The van der Waals surface area contributed by atoms with Gasteiger partial charge in [0.2, 0.25) is 0 Å². The topological polar surface area (TPSA) is 142 Å². The molecular weight excluding hydrogens is 628 g/mol. The predicted octanol–water partition coefficient (Wildman–Crippen LogP) is 4.39. The van der Waals surface area contributed by atoms with Crippen molar-refractivity contribution in [2.45, 2.75) is 135 Å². The first-order valence-corrected chi connectivity index (χ1v) is 18.5. The summed E-state index contributed by atoms with van der Waals surface area (Å²) in [7, 11) is 0. The summed E-state index contributed by atoms with van der Waals surface area (Å²) >= 11 is 0. The molecule has 10 atom stereocenters. The van der Waals surface area contributed by atoms with Crippen LogP contribution < -0.4 is 0 Å². The summed E-state index contributed by atoms with van der Waals surface area (Å²) in [5.74, 6) is -0.786. The number of amides is 1. The van der Waals surface area contributed by atoms with Crippen LogP contribution in [0.3, 0.4) is 0 Å². The smallest absolute Gasteiger partial charge is 0.410 e. The molecule has 3 saturated heterocycles. The molecule has 4 heterocycles. The van der Waals surface area contributed by atoms with E-state index in [0.717, 1.165) is 44.7 Å². The number of esters is 1. The zero-order valence-corrected chi connectivity index (χ0v) is 30.5. The summed E-state index contributed by atoms with van der Waals surface area (Å²) in [6, 6.07) is 0.460. The monoisotopic (exact) mass is 690 g/mol. The Balaban J connectivity index is 1.39. The molecule has 3 fully saturated rings. The van der Waals surface area contributed by atoms with Gasteiger partial charge in [-0.3, -0.25) is 9.69 Å². The zero-order valence-electron chi connectivity index (χ0n) is 30.5. The standard InChI is InChI=1S/C38H62N2O9/c1-7-31(42)28(5)36-33(47-36)24-38(6,45)16-8-9-26(3)35-27(4)11-13-32(25(2)10-12-30(41)23-34(43)49-35)48-37(44)40-17-14-29(15-18-40)39-19-21-46-22-20-39/h8-9,11,13,16,25,27-33,35-36,41-42,45H,7,10,12,14-15,17-24H2,1-6H3/b13-11-,16-8+,26-9+. The number of nitrogens with zero attached hydrogens (tertiary/aromatic N) is 2. The van der Waals surface area contributed by atoms with E-state index in [0.29, 0.717) is 44.8 Å². The van der Waals surface area contributed by atoms with Crippen LogP contribution in [-0.2, 0) is 23.7 Å². The summed E-state index contributed by atoms with van der Waals surface area (Å²) in [6.45, 7) is 16.2. The van der Waals surface area contributed by atoms with Crippen molar-refractivity contribution < 1.29 is 43.9 Å². The van der Waals surface area contributed by atoms with Gasteiger partial charge < -0.3 is 39.2 Å². The number of epoxide rings is 1. The predicted molar refractivity (Wildman–Crippen MR) is 187 cm³/mol. The Hall–Kier alpha value is -2.28. The van der Waals surface area contributed by atoms with Gasteiger partial charge in [0.15, 0.2) is 0 Å². The maximum atomic E-state index is 13.4. The third-order valence-corrected chi connectivity index (χ3v) is 10.8. The number of aliphatic hydroxyl groups is 3. The molecule has 0 radical (unpaired) electrons. The second kappa shape index (κ2) is 18.3. The zero-order chi connectivity index (χ0) is 35.7. The minimum absolute atomic E-state index is 0.00460. The van der Waals surface area contributed by atoms with E-state index in [1.807, 2.05) is 52.8 Å². The molecule has 11 nitrogen and oxygen atoms in total. The molecule has 0 aromatic carbocycles. The number of hydrogen-bond acceptors (Lipinski definition) is 10. The lowest BCUT2D eigenvalue weighted by Gasteiger charge is -2.40. The largest absolute Gasteiger partial charge is 0.457 e. The Morgan fingerprint density at radius 2 is 1.82 bits per heavy atom. The van der Waals surface area contributed by atoms with Crippen molar-refractivity contribution >= 4 is 12.1 Å². The molecule has 0 bridgehead atoms. The van der Waals surface area contributed by atoms with Gasteiger partial charge in [0.05, 0.1) is 49.7 Å². The number of allylic oxidation sites excluding steroid dienone is 2. The molecule has 4 aliphatic heterocycles. The molecule has 278 valence electrons. The minimum atomic E-state index is -1.13. The van der Waals surface area contributed by atoms with Crippen molar-refractivity contribution in [2.75, 3.05) is 39.4 Å². The summed E-state index contributed by atoms with van der Waals surface area (Å²) in [6.07, 6.45) is 9.98. The van der Waals surface area contributed by atoms with Crippen LogP contribution in [0.5, 0.6) is 0 Å². The van der Waals surface area contributed by atoms with E-state index in [1.54, 1.807) is 24.0 Å². The number of carbonyl (C=O) groups is 2. The first-order chi connectivity index (χ1) is 23.3. The minimum Gasteiger partial charge on any atom is -0.457 e. The van der Waals surface area contributed by atoms with Crippen LogP contribution in [0.15, 0.2) is 36.0 Å². The number of likely N-dealkylation sites (tertiary alicyclic amines) is 1. The number of rotatable bonds is 10. The van der Waals surface area contributed by atoms with Crippen molar-refractivity contribution in [2.24, 2.45) is 17.8 Å². The van der Waals surface area contributed by atoms with Crippen molar-refractivity contribution in [1.29, 1.82) is 0 Å². The molecule has 0 saturated carbocycles. The summed E-state index contributed by atoms with van der Waals surface area (Å²) in [4.78, 5) is 30.5. The molecule has 11 heteroatoms. The van der Waals surface area contributed by atoms with E-state index in [2.05, 4.69) is 4.90 Å². The van der Waals surface area contributed by atoms with Crippen molar-refractivity contribution in [3.8, 4) is 0 Å². The normalized spacial score (nSPS) is 34.6. The maximum absolute atomic E-state index is 13.4. The van der Waals surface area contributed by atoms with Gasteiger partial charge in [0.1, 0.15) is 12.2 Å². The fourth-order valence-corrected chi connectivity index (χ4v) is 7.35. The summed E-state index contributed by atoms with van der Waals surface area (Å²) in [5.41, 5.74) is -0.356. The highest BCUT2D eigenvalue weighted by atomic mass is 16.6. The Bertz CT molecular complexity index is 1160. The van der Waals surface area contributed by atoms with Crippen LogP contribution in [0, 0.1) is 17.8 Å². The quantitative estimate of drug-likeness (QED) is 0.131. The molecule has 0 aromatic rings. The van der Waals surface area contributed by atoms with Gasteiger partial charge in [0.25, 0.3) is 0 Å². The number of hydrogen-bond donors (Lipinski definition) is 3. The van der Waals surface area contributed by atoms with E-state index in [-0.39, 0.29) is 42.5 Å². The highest BCUT2D eigenvalue weighted by Crippen LogP contribution is 2.37. The molecular formula is C38H62N2O9. The van der Waals surface area contributed by atoms with Crippen LogP contribution in [-0.4, -0.2) is 125 Å². The van der Waals surface area contributed by atoms with Crippen LogP contribution >= 0.6 is 0 Å². The number of carbonyl (C=O) groups excluding carboxylic acids is 2. The third-order valence-electron chi connectivity index (χ3n) is 10.8. The highest BCUT2D eigenvalue weighted by Gasteiger charge is 2.47. The van der Waals surface area contributed by atoms with E-state index >= 15 is 0 Å². The fourth-order valence-electron chi connectivity index (χ4n) is 7.35. The highest BCUT2D eigenvalue weighted by molar-refractivity contribution is 5.70. The lowest BCUT2D eigenvalue weighted by atomic mass is 9.91. The van der Waals surface area contributed by atoms with Gasteiger partial charge in [-0.1, -0.05) is 52.0 Å². The first-order valence-electron chi connectivity index (χ1n) is 18.5.